The number of hydrogen-bond acceptors (Lipinski definition) is 3. The Balaban J connectivity index is 2.23. The van der Waals surface area contributed by atoms with Crippen LogP contribution in [0.2, 0.25) is 15.1 Å². The molecular formula is C12H13Cl3N2O2. The Labute approximate surface area is 126 Å². The zero-order chi connectivity index (χ0) is 14.2. The van der Waals surface area contributed by atoms with Gasteiger partial charge in [-0.05, 0) is 12.3 Å². The second kappa shape index (κ2) is 5.83. The monoisotopic (exact) mass is 322 g/mol. The molecule has 0 bridgehead atoms. The second-order valence-electron chi connectivity index (χ2n) is 4.67. The Morgan fingerprint density at radius 1 is 1.42 bits per heavy atom. The summed E-state index contributed by atoms with van der Waals surface area (Å²) < 4.78 is 0. The van der Waals surface area contributed by atoms with Crippen LogP contribution in [0, 0.1) is 5.92 Å². The fourth-order valence-corrected chi connectivity index (χ4v) is 2.62. The molecule has 1 saturated heterocycles. The van der Waals surface area contributed by atoms with E-state index in [1.54, 1.807) is 4.90 Å². The lowest BCUT2D eigenvalue weighted by molar-refractivity contribution is 0.0294. The quantitative estimate of drug-likeness (QED) is 0.864. The van der Waals surface area contributed by atoms with Crippen molar-refractivity contribution >= 4 is 40.7 Å². The fraction of sp³-hybridized carbons (Fsp3) is 0.500. The summed E-state index contributed by atoms with van der Waals surface area (Å²) in [4.78, 5) is 17.9. The molecule has 0 aromatic carbocycles. The van der Waals surface area contributed by atoms with Gasteiger partial charge in [-0.2, -0.15) is 0 Å². The van der Waals surface area contributed by atoms with E-state index in [-0.39, 0.29) is 38.7 Å². The molecule has 19 heavy (non-hydrogen) atoms. The highest BCUT2D eigenvalue weighted by Crippen LogP contribution is 2.32. The minimum Gasteiger partial charge on any atom is -0.393 e. The molecule has 7 heteroatoms. The van der Waals surface area contributed by atoms with Crippen molar-refractivity contribution < 1.29 is 9.90 Å². The first-order valence-corrected chi connectivity index (χ1v) is 7.02. The molecular weight excluding hydrogens is 311 g/mol. The standard InChI is InChI=1S/C12H13Cl3N2O2/c1-6-5-17(3-2-8(6)18)12(19)11-10(15)9(14)7(13)4-16-11/h4,6,8,18H,2-3,5H2,1H3. The molecule has 0 saturated carbocycles. The van der Waals surface area contributed by atoms with Crippen LogP contribution in [0.4, 0.5) is 0 Å². The summed E-state index contributed by atoms with van der Waals surface area (Å²) in [5, 5.41) is 10.1. The van der Waals surface area contributed by atoms with Crippen molar-refractivity contribution in [1.29, 1.82) is 0 Å². The van der Waals surface area contributed by atoms with Gasteiger partial charge in [-0.3, -0.25) is 4.79 Å². The molecule has 2 heterocycles. The van der Waals surface area contributed by atoms with Gasteiger partial charge in [-0.25, -0.2) is 4.98 Å². The van der Waals surface area contributed by atoms with E-state index in [0.717, 1.165) is 0 Å². The van der Waals surface area contributed by atoms with Crippen LogP contribution in [0.1, 0.15) is 23.8 Å². The van der Waals surface area contributed by atoms with Crippen LogP contribution in [0.15, 0.2) is 6.20 Å². The number of rotatable bonds is 1. The van der Waals surface area contributed by atoms with Crippen LogP contribution in [0.5, 0.6) is 0 Å². The summed E-state index contributed by atoms with van der Waals surface area (Å²) in [5.41, 5.74) is 0.0969. The van der Waals surface area contributed by atoms with Gasteiger partial charge in [0.1, 0.15) is 5.69 Å². The number of aromatic nitrogens is 1. The van der Waals surface area contributed by atoms with E-state index in [0.29, 0.717) is 19.5 Å². The van der Waals surface area contributed by atoms with Crippen LogP contribution in [0.3, 0.4) is 0 Å². The van der Waals surface area contributed by atoms with Crippen molar-refractivity contribution in [3.63, 3.8) is 0 Å². The molecule has 1 fully saturated rings. The van der Waals surface area contributed by atoms with Gasteiger partial charge >= 0.3 is 0 Å². The van der Waals surface area contributed by atoms with Crippen molar-refractivity contribution in [1.82, 2.24) is 9.88 Å². The minimum atomic E-state index is -0.374. The predicted molar refractivity (Wildman–Crippen MR) is 75.0 cm³/mol. The van der Waals surface area contributed by atoms with Crippen molar-refractivity contribution in [2.45, 2.75) is 19.4 Å². The molecule has 2 atom stereocenters. The number of carbonyl (C=O) groups excluding carboxylic acids is 1. The molecule has 0 spiro atoms. The average molecular weight is 324 g/mol. The first-order valence-electron chi connectivity index (χ1n) is 5.88. The van der Waals surface area contributed by atoms with Gasteiger partial charge < -0.3 is 10.0 Å². The molecule has 0 aliphatic carbocycles. The first-order chi connectivity index (χ1) is 8.91. The van der Waals surface area contributed by atoms with Crippen LogP contribution < -0.4 is 0 Å². The van der Waals surface area contributed by atoms with E-state index in [2.05, 4.69) is 4.98 Å². The van der Waals surface area contributed by atoms with Crippen molar-refractivity contribution in [3.05, 3.63) is 27.0 Å². The number of aliphatic hydroxyl groups excluding tert-OH is 1. The molecule has 1 aliphatic heterocycles. The number of piperidine rings is 1. The Hall–Kier alpha value is -0.550. The summed E-state index contributed by atoms with van der Waals surface area (Å²) in [7, 11) is 0. The number of hydrogen-bond donors (Lipinski definition) is 1. The van der Waals surface area contributed by atoms with Crippen LogP contribution in [-0.2, 0) is 0 Å². The normalized spacial score (nSPS) is 23.5. The van der Waals surface area contributed by atoms with E-state index >= 15 is 0 Å². The van der Waals surface area contributed by atoms with Crippen molar-refractivity contribution in [2.24, 2.45) is 5.92 Å². The number of pyridine rings is 1. The van der Waals surface area contributed by atoms with Crippen LogP contribution >= 0.6 is 34.8 Å². The summed E-state index contributed by atoms with van der Waals surface area (Å²) in [5.74, 6) is -0.262. The third-order valence-corrected chi connectivity index (χ3v) is 4.51. The number of halogens is 3. The molecule has 104 valence electrons. The molecule has 1 amide bonds. The molecule has 2 rings (SSSR count). The number of likely N-dealkylation sites (tertiary alicyclic amines) is 1. The number of aliphatic hydroxyl groups is 1. The molecule has 4 nitrogen and oxygen atoms in total. The predicted octanol–water partition coefficient (Wildman–Crippen LogP) is 2.88. The van der Waals surface area contributed by atoms with Gasteiger partial charge in [0.2, 0.25) is 0 Å². The topological polar surface area (TPSA) is 53.4 Å². The Kier molecular flexibility index (Phi) is 4.56. The van der Waals surface area contributed by atoms with Crippen molar-refractivity contribution in [3.8, 4) is 0 Å². The highest BCUT2D eigenvalue weighted by atomic mass is 35.5. The maximum Gasteiger partial charge on any atom is 0.274 e. The third kappa shape index (κ3) is 2.97. The highest BCUT2D eigenvalue weighted by molar-refractivity contribution is 6.48. The van der Waals surface area contributed by atoms with Crippen molar-refractivity contribution in [2.75, 3.05) is 13.1 Å². The number of amides is 1. The third-order valence-electron chi connectivity index (χ3n) is 3.27. The zero-order valence-corrected chi connectivity index (χ0v) is 12.5. The lowest BCUT2D eigenvalue weighted by atomic mass is 9.96. The van der Waals surface area contributed by atoms with E-state index in [1.807, 2.05) is 6.92 Å². The summed E-state index contributed by atoms with van der Waals surface area (Å²) in [6, 6.07) is 0. The van der Waals surface area contributed by atoms with Crippen LogP contribution in [0.25, 0.3) is 0 Å². The van der Waals surface area contributed by atoms with Gasteiger partial charge in [-0.15, -0.1) is 0 Å². The van der Waals surface area contributed by atoms with Gasteiger partial charge in [0, 0.05) is 19.3 Å². The minimum absolute atomic E-state index is 0.0271. The van der Waals surface area contributed by atoms with Gasteiger partial charge in [0.15, 0.2) is 0 Å². The molecule has 2 unspecified atom stereocenters. The maximum atomic E-state index is 12.3. The van der Waals surface area contributed by atoms with E-state index in [4.69, 9.17) is 34.8 Å². The SMILES string of the molecule is CC1CN(C(=O)c2ncc(Cl)c(Cl)c2Cl)CCC1O. The molecule has 0 radical (unpaired) electrons. The largest absolute Gasteiger partial charge is 0.393 e. The van der Waals surface area contributed by atoms with Gasteiger partial charge in [0.25, 0.3) is 5.91 Å². The van der Waals surface area contributed by atoms with Gasteiger partial charge in [0.05, 0.1) is 21.2 Å². The van der Waals surface area contributed by atoms with Crippen LogP contribution in [-0.4, -0.2) is 40.1 Å². The Morgan fingerprint density at radius 2 is 2.11 bits per heavy atom. The number of carbonyl (C=O) groups is 1. The van der Waals surface area contributed by atoms with E-state index in [9.17, 15) is 9.90 Å². The second-order valence-corrected chi connectivity index (χ2v) is 5.83. The lowest BCUT2D eigenvalue weighted by Gasteiger charge is -2.34. The first kappa shape index (κ1) is 14.9. The average Bonchev–Trinajstić information content (AvgIpc) is 2.39. The molecule has 1 aliphatic rings. The lowest BCUT2D eigenvalue weighted by Crippen LogP contribution is -2.45. The Bertz CT molecular complexity index is 510. The zero-order valence-electron chi connectivity index (χ0n) is 10.2. The maximum absolute atomic E-state index is 12.3. The van der Waals surface area contributed by atoms with E-state index in [1.165, 1.54) is 6.20 Å². The number of nitrogens with zero attached hydrogens (tertiary/aromatic N) is 2. The Morgan fingerprint density at radius 3 is 2.74 bits per heavy atom. The molecule has 1 aromatic rings. The summed E-state index contributed by atoms with van der Waals surface area (Å²) in [6.45, 7) is 2.84. The fourth-order valence-electron chi connectivity index (χ4n) is 2.06. The summed E-state index contributed by atoms with van der Waals surface area (Å²) >= 11 is 17.7. The van der Waals surface area contributed by atoms with Gasteiger partial charge in [-0.1, -0.05) is 41.7 Å². The summed E-state index contributed by atoms with van der Waals surface area (Å²) in [6.07, 6.45) is 1.48. The molecule has 1 N–H and O–H groups in total. The smallest absolute Gasteiger partial charge is 0.274 e. The molecule has 1 aromatic heterocycles. The highest BCUT2D eigenvalue weighted by Gasteiger charge is 2.30. The van der Waals surface area contributed by atoms with E-state index < -0.39 is 0 Å².